The zero-order valence-corrected chi connectivity index (χ0v) is 20.6. The molecule has 0 N–H and O–H groups in total. The van der Waals surface area contributed by atoms with Crippen LogP contribution in [0, 0.1) is 5.92 Å². The Balaban J connectivity index is 1.08. The van der Waals surface area contributed by atoms with Gasteiger partial charge < -0.3 is 14.2 Å². The van der Waals surface area contributed by atoms with Crippen molar-refractivity contribution < 1.29 is 9.53 Å². The fourth-order valence-corrected chi connectivity index (χ4v) is 5.56. The largest absolute Gasteiger partial charge is 0.486 e. The topological polar surface area (TPSA) is 50.6 Å². The first-order valence-corrected chi connectivity index (χ1v) is 13.0. The van der Waals surface area contributed by atoms with Crippen molar-refractivity contribution in [3.63, 3.8) is 0 Å². The predicted octanol–water partition coefficient (Wildman–Crippen LogP) is 4.92. The molecule has 4 aromatic rings. The van der Waals surface area contributed by atoms with Crippen LogP contribution in [0.1, 0.15) is 24.2 Å². The third-order valence-corrected chi connectivity index (χ3v) is 7.54. The summed E-state index contributed by atoms with van der Waals surface area (Å²) in [7, 11) is 0. The molecule has 2 aliphatic heterocycles. The quantitative estimate of drug-likeness (QED) is 0.377. The van der Waals surface area contributed by atoms with Crippen LogP contribution in [0.3, 0.4) is 0 Å². The summed E-state index contributed by atoms with van der Waals surface area (Å²) in [5.41, 5.74) is 4.55. The molecule has 1 fully saturated rings. The first-order chi connectivity index (χ1) is 17.7. The van der Waals surface area contributed by atoms with E-state index >= 15 is 0 Å². The molecule has 6 nitrogen and oxygen atoms in total. The second kappa shape index (κ2) is 10.2. The van der Waals surface area contributed by atoms with Crippen molar-refractivity contribution in [1.82, 2.24) is 14.5 Å². The Kier molecular flexibility index (Phi) is 6.43. The van der Waals surface area contributed by atoms with E-state index in [1.54, 1.807) is 0 Å². The van der Waals surface area contributed by atoms with E-state index in [0.29, 0.717) is 19.1 Å². The van der Waals surface area contributed by atoms with Crippen molar-refractivity contribution in [2.45, 2.75) is 32.4 Å². The molecule has 1 aromatic heterocycles. The molecule has 2 aliphatic rings. The van der Waals surface area contributed by atoms with Gasteiger partial charge in [-0.1, -0.05) is 48.5 Å². The molecule has 36 heavy (non-hydrogen) atoms. The van der Waals surface area contributed by atoms with Gasteiger partial charge >= 0.3 is 0 Å². The Morgan fingerprint density at radius 3 is 2.50 bits per heavy atom. The Morgan fingerprint density at radius 1 is 0.889 bits per heavy atom. The van der Waals surface area contributed by atoms with Gasteiger partial charge in [0.05, 0.1) is 17.6 Å². The zero-order chi connectivity index (χ0) is 24.3. The highest BCUT2D eigenvalue weighted by Crippen LogP contribution is 2.28. The van der Waals surface area contributed by atoms with Crippen LogP contribution in [-0.2, 0) is 24.4 Å². The lowest BCUT2D eigenvalue weighted by Gasteiger charge is -2.33. The Morgan fingerprint density at radius 2 is 1.64 bits per heavy atom. The lowest BCUT2D eigenvalue weighted by atomic mass is 9.96. The van der Waals surface area contributed by atoms with Crippen molar-refractivity contribution in [3.05, 3.63) is 90.3 Å². The molecule has 0 aliphatic carbocycles. The number of carbonyl (C=O) groups excluding carboxylic acids is 1. The monoisotopic (exact) mass is 480 g/mol. The molecule has 0 unspecified atom stereocenters. The smallest absolute Gasteiger partial charge is 0.241 e. The van der Waals surface area contributed by atoms with Gasteiger partial charge in [-0.15, -0.1) is 0 Å². The number of para-hydroxylation sites is 4. The van der Waals surface area contributed by atoms with Gasteiger partial charge in [0.25, 0.3) is 0 Å². The maximum Gasteiger partial charge on any atom is 0.241 e. The summed E-state index contributed by atoms with van der Waals surface area (Å²) in [5, 5.41) is 0. The SMILES string of the molecule is O=C(CN1CCC(Cn2c(COc3ccccc3)nc3ccccc32)CC1)N1CCc2ccccc21. The van der Waals surface area contributed by atoms with Crippen LogP contribution in [0.2, 0.25) is 0 Å². The second-order valence-corrected chi connectivity index (χ2v) is 9.87. The number of amides is 1. The summed E-state index contributed by atoms with van der Waals surface area (Å²) in [6, 6.07) is 26.5. The first-order valence-electron chi connectivity index (χ1n) is 13.0. The molecule has 0 bridgehead atoms. The molecule has 0 saturated carbocycles. The summed E-state index contributed by atoms with van der Waals surface area (Å²) in [6.45, 7) is 4.59. The predicted molar refractivity (Wildman–Crippen MR) is 142 cm³/mol. The summed E-state index contributed by atoms with van der Waals surface area (Å²) < 4.78 is 8.39. The van der Waals surface area contributed by atoms with Gasteiger partial charge in [-0.05, 0) is 74.2 Å². The van der Waals surface area contributed by atoms with Crippen LogP contribution in [0.5, 0.6) is 5.75 Å². The average molecular weight is 481 g/mol. The molecular formula is C30H32N4O2. The highest BCUT2D eigenvalue weighted by atomic mass is 16.5. The summed E-state index contributed by atoms with van der Waals surface area (Å²) >= 11 is 0. The van der Waals surface area contributed by atoms with Gasteiger partial charge in [-0.3, -0.25) is 9.69 Å². The molecule has 3 aromatic carbocycles. The number of benzene rings is 3. The fraction of sp³-hybridized carbons (Fsp3) is 0.333. The van der Waals surface area contributed by atoms with Gasteiger partial charge in [0.15, 0.2) is 0 Å². The number of nitrogens with zero attached hydrogens (tertiary/aromatic N) is 4. The van der Waals surface area contributed by atoms with Gasteiger partial charge in [0.1, 0.15) is 18.2 Å². The number of fused-ring (bicyclic) bond motifs is 2. The number of anilines is 1. The Hall–Kier alpha value is -3.64. The van der Waals surface area contributed by atoms with Crippen LogP contribution < -0.4 is 9.64 Å². The van der Waals surface area contributed by atoms with E-state index in [-0.39, 0.29) is 5.91 Å². The number of ether oxygens (including phenoxy) is 1. The summed E-state index contributed by atoms with van der Waals surface area (Å²) in [5.74, 6) is 2.59. The van der Waals surface area contributed by atoms with Crippen molar-refractivity contribution in [1.29, 1.82) is 0 Å². The van der Waals surface area contributed by atoms with Crippen LogP contribution in [0.25, 0.3) is 11.0 Å². The van der Waals surface area contributed by atoms with E-state index < -0.39 is 0 Å². The average Bonchev–Trinajstić information content (AvgIpc) is 3.51. The molecule has 6 rings (SSSR count). The third-order valence-electron chi connectivity index (χ3n) is 7.54. The van der Waals surface area contributed by atoms with Crippen LogP contribution in [0.4, 0.5) is 5.69 Å². The van der Waals surface area contributed by atoms with E-state index in [1.807, 2.05) is 47.4 Å². The van der Waals surface area contributed by atoms with Crippen LogP contribution >= 0.6 is 0 Å². The second-order valence-electron chi connectivity index (χ2n) is 9.87. The minimum Gasteiger partial charge on any atom is -0.486 e. The van der Waals surface area contributed by atoms with Crippen molar-refractivity contribution in [2.75, 3.05) is 31.1 Å². The van der Waals surface area contributed by atoms with Gasteiger partial charge in [0.2, 0.25) is 5.91 Å². The lowest BCUT2D eigenvalue weighted by Crippen LogP contribution is -2.43. The molecular weight excluding hydrogens is 448 g/mol. The number of aromatic nitrogens is 2. The molecule has 1 saturated heterocycles. The number of imidazole rings is 1. The Labute approximate surface area is 212 Å². The minimum atomic E-state index is 0.222. The number of likely N-dealkylation sites (tertiary alicyclic amines) is 1. The number of hydrogen-bond donors (Lipinski definition) is 0. The van der Waals surface area contributed by atoms with E-state index in [9.17, 15) is 4.79 Å². The van der Waals surface area contributed by atoms with Gasteiger partial charge in [0, 0.05) is 18.8 Å². The number of hydrogen-bond acceptors (Lipinski definition) is 4. The minimum absolute atomic E-state index is 0.222. The van der Waals surface area contributed by atoms with E-state index in [4.69, 9.17) is 9.72 Å². The van der Waals surface area contributed by atoms with Crippen LogP contribution in [-0.4, -0.2) is 46.5 Å². The molecule has 0 atom stereocenters. The zero-order valence-electron chi connectivity index (χ0n) is 20.6. The molecule has 0 spiro atoms. The third kappa shape index (κ3) is 4.73. The molecule has 0 radical (unpaired) electrons. The van der Waals surface area contributed by atoms with E-state index in [1.165, 1.54) is 5.56 Å². The van der Waals surface area contributed by atoms with Gasteiger partial charge in [-0.25, -0.2) is 4.98 Å². The molecule has 3 heterocycles. The summed E-state index contributed by atoms with van der Waals surface area (Å²) in [4.78, 5) is 22.2. The van der Waals surface area contributed by atoms with E-state index in [0.717, 1.165) is 73.7 Å². The maximum absolute atomic E-state index is 13.1. The highest BCUT2D eigenvalue weighted by Gasteiger charge is 2.28. The normalized spacial score (nSPS) is 16.4. The van der Waals surface area contributed by atoms with Crippen molar-refractivity contribution >= 4 is 22.6 Å². The first kappa shape index (κ1) is 22.8. The van der Waals surface area contributed by atoms with E-state index in [2.05, 4.69) is 45.9 Å². The summed E-state index contributed by atoms with van der Waals surface area (Å²) in [6.07, 6.45) is 3.11. The Bertz CT molecular complexity index is 1340. The molecule has 1 amide bonds. The highest BCUT2D eigenvalue weighted by molar-refractivity contribution is 5.96. The van der Waals surface area contributed by atoms with Crippen molar-refractivity contribution in [2.24, 2.45) is 5.92 Å². The number of rotatable bonds is 7. The maximum atomic E-state index is 13.1. The van der Waals surface area contributed by atoms with Crippen LogP contribution in [0.15, 0.2) is 78.9 Å². The molecule has 184 valence electrons. The number of carbonyl (C=O) groups is 1. The molecule has 6 heteroatoms. The number of piperidine rings is 1. The standard InChI is InChI=1S/C30H32N4O2/c35-30(33-19-16-24-8-4-6-12-27(24)33)21-32-17-14-23(15-18-32)20-34-28-13-7-5-11-26(28)31-29(34)22-36-25-9-2-1-3-10-25/h1-13,23H,14-22H2. The fourth-order valence-electron chi connectivity index (χ4n) is 5.56. The van der Waals surface area contributed by atoms with Crippen molar-refractivity contribution in [3.8, 4) is 5.75 Å². The lowest BCUT2D eigenvalue weighted by molar-refractivity contribution is -0.120. The van der Waals surface area contributed by atoms with Gasteiger partial charge in [-0.2, -0.15) is 0 Å².